The van der Waals surface area contributed by atoms with E-state index in [1.54, 1.807) is 23.3 Å². The summed E-state index contributed by atoms with van der Waals surface area (Å²) in [4.78, 5) is 26.5. The highest BCUT2D eigenvalue weighted by Crippen LogP contribution is 2.41. The monoisotopic (exact) mass is 295 g/mol. The van der Waals surface area contributed by atoms with E-state index in [1.165, 1.54) is 11.8 Å². The molecule has 1 aromatic rings. The molecule has 0 saturated heterocycles. The Hall–Kier alpha value is -1.36. The van der Waals surface area contributed by atoms with Gasteiger partial charge in [-0.3, -0.25) is 4.79 Å². The third kappa shape index (κ3) is 2.87. The second kappa shape index (κ2) is 5.20. The Morgan fingerprint density at radius 2 is 2.05 bits per heavy atom. The highest BCUT2D eigenvalue weighted by molar-refractivity contribution is 7.12. The Morgan fingerprint density at radius 1 is 1.40 bits per heavy atom. The van der Waals surface area contributed by atoms with Crippen molar-refractivity contribution >= 4 is 23.2 Å². The first-order chi connectivity index (χ1) is 9.21. The van der Waals surface area contributed by atoms with Gasteiger partial charge in [0.25, 0.3) is 0 Å². The van der Waals surface area contributed by atoms with Crippen molar-refractivity contribution in [2.75, 3.05) is 7.05 Å². The van der Waals surface area contributed by atoms with Crippen molar-refractivity contribution in [2.24, 2.45) is 5.41 Å². The third-order valence-electron chi connectivity index (χ3n) is 3.98. The molecular weight excluding hydrogens is 274 g/mol. The van der Waals surface area contributed by atoms with Crippen molar-refractivity contribution in [1.29, 1.82) is 0 Å². The predicted octanol–water partition coefficient (Wildman–Crippen LogP) is 2.94. The Bertz CT molecular complexity index is 560. The van der Waals surface area contributed by atoms with E-state index in [4.69, 9.17) is 0 Å². The van der Waals surface area contributed by atoms with Crippen LogP contribution < -0.4 is 0 Å². The lowest BCUT2D eigenvalue weighted by Gasteiger charge is -2.29. The van der Waals surface area contributed by atoms with Crippen molar-refractivity contribution in [3.8, 4) is 0 Å². The van der Waals surface area contributed by atoms with E-state index in [1.807, 2.05) is 0 Å². The van der Waals surface area contributed by atoms with Crippen LogP contribution in [0, 0.1) is 5.41 Å². The number of hydrogen-bond donors (Lipinski definition) is 1. The summed E-state index contributed by atoms with van der Waals surface area (Å²) in [5.41, 5.74) is 1.58. The maximum Gasteiger partial charge on any atom is 0.337 e. The number of carboxylic acid groups (broad SMARTS) is 1. The van der Waals surface area contributed by atoms with Gasteiger partial charge in [0.05, 0.1) is 12.1 Å². The molecule has 5 heteroatoms. The van der Waals surface area contributed by atoms with Crippen LogP contribution in [0.4, 0.5) is 0 Å². The van der Waals surface area contributed by atoms with Gasteiger partial charge in [0.2, 0.25) is 5.91 Å². The van der Waals surface area contributed by atoms with Gasteiger partial charge in [0.1, 0.15) is 0 Å². The fourth-order valence-corrected chi connectivity index (χ4v) is 4.03. The zero-order valence-corrected chi connectivity index (χ0v) is 13.3. The molecular formula is C15H21NO3S. The Morgan fingerprint density at radius 3 is 2.60 bits per heavy atom. The number of aryl methyl sites for hydroxylation is 1. The van der Waals surface area contributed by atoms with Gasteiger partial charge in [0, 0.05) is 23.7 Å². The Balaban J connectivity index is 2.42. The molecule has 0 fully saturated rings. The maximum atomic E-state index is 11.6. The number of thiophene rings is 1. The fourth-order valence-electron chi connectivity index (χ4n) is 2.66. The van der Waals surface area contributed by atoms with Crippen LogP contribution in [0.2, 0.25) is 0 Å². The smallest absolute Gasteiger partial charge is 0.337 e. The predicted molar refractivity (Wildman–Crippen MR) is 79.2 cm³/mol. The summed E-state index contributed by atoms with van der Waals surface area (Å²) < 4.78 is 0. The standard InChI is InChI=1S/C15H21NO3S/c1-9(17)16(4)8-12-13(14(18)19)10-7-15(2,3)6-5-11(10)20-12/h5-8H2,1-4H3,(H,18,19). The van der Waals surface area contributed by atoms with Gasteiger partial charge >= 0.3 is 5.97 Å². The molecule has 20 heavy (non-hydrogen) atoms. The van der Waals surface area contributed by atoms with Gasteiger partial charge in [-0.2, -0.15) is 0 Å². The van der Waals surface area contributed by atoms with Crippen molar-refractivity contribution in [3.05, 3.63) is 20.9 Å². The van der Waals surface area contributed by atoms with Crippen LogP contribution in [0.3, 0.4) is 0 Å². The van der Waals surface area contributed by atoms with Crippen molar-refractivity contribution in [2.45, 2.75) is 46.6 Å². The number of carbonyl (C=O) groups is 2. The third-order valence-corrected chi connectivity index (χ3v) is 5.26. The molecule has 1 aromatic heterocycles. The van der Waals surface area contributed by atoms with E-state index in [2.05, 4.69) is 13.8 Å². The SMILES string of the molecule is CC(=O)N(C)Cc1sc2c(c1C(=O)O)CC(C)(C)CC2. The molecule has 0 bridgehead atoms. The number of amides is 1. The van der Waals surface area contributed by atoms with Crippen LogP contribution in [0.15, 0.2) is 0 Å². The first-order valence-electron chi connectivity index (χ1n) is 6.79. The molecule has 1 N–H and O–H groups in total. The lowest BCUT2D eigenvalue weighted by atomic mass is 9.76. The zero-order valence-electron chi connectivity index (χ0n) is 12.4. The Kier molecular flexibility index (Phi) is 3.91. The molecule has 0 aliphatic heterocycles. The number of hydrogen-bond acceptors (Lipinski definition) is 3. The number of carboxylic acids is 1. The van der Waals surface area contributed by atoms with Crippen LogP contribution in [0.25, 0.3) is 0 Å². The molecule has 0 spiro atoms. The van der Waals surface area contributed by atoms with Crippen molar-refractivity contribution in [1.82, 2.24) is 4.90 Å². The summed E-state index contributed by atoms with van der Waals surface area (Å²) in [7, 11) is 1.70. The second-order valence-electron chi connectivity index (χ2n) is 6.32. The summed E-state index contributed by atoms with van der Waals surface area (Å²) >= 11 is 1.56. The molecule has 0 radical (unpaired) electrons. The van der Waals surface area contributed by atoms with E-state index in [0.29, 0.717) is 12.1 Å². The van der Waals surface area contributed by atoms with Gasteiger partial charge in [-0.1, -0.05) is 13.8 Å². The van der Waals surface area contributed by atoms with Crippen molar-refractivity contribution < 1.29 is 14.7 Å². The van der Waals surface area contributed by atoms with Gasteiger partial charge in [-0.25, -0.2) is 4.79 Å². The van der Waals surface area contributed by atoms with Crippen LogP contribution >= 0.6 is 11.3 Å². The lowest BCUT2D eigenvalue weighted by molar-refractivity contribution is -0.128. The van der Waals surface area contributed by atoms with Crippen LogP contribution in [-0.2, 0) is 24.2 Å². The van der Waals surface area contributed by atoms with E-state index >= 15 is 0 Å². The van der Waals surface area contributed by atoms with E-state index in [-0.39, 0.29) is 11.3 Å². The number of fused-ring (bicyclic) bond motifs is 1. The maximum absolute atomic E-state index is 11.6. The average Bonchev–Trinajstić information content (AvgIpc) is 2.64. The topological polar surface area (TPSA) is 57.6 Å². The molecule has 0 atom stereocenters. The van der Waals surface area contributed by atoms with Crippen LogP contribution in [0.1, 0.15) is 52.9 Å². The van der Waals surface area contributed by atoms with Gasteiger partial charge in [-0.05, 0) is 30.2 Å². The van der Waals surface area contributed by atoms with E-state index in [0.717, 1.165) is 29.7 Å². The Labute approximate surface area is 123 Å². The average molecular weight is 295 g/mol. The van der Waals surface area contributed by atoms with Gasteiger partial charge in [-0.15, -0.1) is 11.3 Å². The highest BCUT2D eigenvalue weighted by Gasteiger charge is 2.32. The molecule has 1 aliphatic rings. The molecule has 1 aliphatic carbocycles. The van der Waals surface area contributed by atoms with Gasteiger partial charge in [0.15, 0.2) is 0 Å². The molecule has 0 saturated carbocycles. The number of carbonyl (C=O) groups excluding carboxylic acids is 1. The minimum absolute atomic E-state index is 0.0481. The van der Waals surface area contributed by atoms with Gasteiger partial charge < -0.3 is 10.0 Å². The number of rotatable bonds is 3. The molecule has 2 rings (SSSR count). The van der Waals surface area contributed by atoms with Crippen molar-refractivity contribution in [3.63, 3.8) is 0 Å². The zero-order chi connectivity index (χ0) is 15.1. The molecule has 1 amide bonds. The largest absolute Gasteiger partial charge is 0.478 e. The summed E-state index contributed by atoms with van der Waals surface area (Å²) in [5, 5.41) is 9.54. The first kappa shape index (κ1) is 15.0. The normalized spacial score (nSPS) is 16.6. The van der Waals surface area contributed by atoms with Crippen LogP contribution in [0.5, 0.6) is 0 Å². The molecule has 1 heterocycles. The molecule has 110 valence electrons. The summed E-state index contributed by atoms with van der Waals surface area (Å²) in [6.07, 6.45) is 2.84. The fraction of sp³-hybridized carbons (Fsp3) is 0.600. The van der Waals surface area contributed by atoms with E-state index in [9.17, 15) is 14.7 Å². The highest BCUT2D eigenvalue weighted by atomic mass is 32.1. The summed E-state index contributed by atoms with van der Waals surface area (Å²) in [6, 6.07) is 0. The minimum atomic E-state index is -0.868. The lowest BCUT2D eigenvalue weighted by Crippen LogP contribution is -2.24. The van der Waals surface area contributed by atoms with E-state index < -0.39 is 5.97 Å². The quantitative estimate of drug-likeness (QED) is 0.932. The first-order valence-corrected chi connectivity index (χ1v) is 7.61. The number of nitrogens with zero attached hydrogens (tertiary/aromatic N) is 1. The summed E-state index contributed by atoms with van der Waals surface area (Å²) in [5.74, 6) is -0.916. The number of aromatic carboxylic acids is 1. The molecule has 0 unspecified atom stereocenters. The second-order valence-corrected chi connectivity index (χ2v) is 7.51. The molecule has 4 nitrogen and oxygen atoms in total. The van der Waals surface area contributed by atoms with Crippen LogP contribution in [-0.4, -0.2) is 28.9 Å². The summed E-state index contributed by atoms with van der Waals surface area (Å²) in [6.45, 7) is 6.24. The minimum Gasteiger partial charge on any atom is -0.478 e. The molecule has 0 aromatic carbocycles.